The van der Waals surface area contributed by atoms with E-state index in [4.69, 9.17) is 22.3 Å². The Morgan fingerprint density at radius 2 is 2.06 bits per heavy atom. The molecule has 0 aliphatic carbocycles. The van der Waals surface area contributed by atoms with E-state index in [1.165, 1.54) is 12.1 Å². The minimum absolute atomic E-state index is 0.0529. The number of halogens is 2. The van der Waals surface area contributed by atoms with Crippen molar-refractivity contribution in [3.63, 3.8) is 0 Å². The molecule has 0 atom stereocenters. The lowest BCUT2D eigenvalue weighted by atomic mass is 10.0. The predicted octanol–water partition coefficient (Wildman–Crippen LogP) is 4.43. The zero-order valence-electron chi connectivity index (χ0n) is 17.7. The Morgan fingerprint density at radius 1 is 1.29 bits per heavy atom. The number of carbonyl (C=O) groups is 1. The van der Waals surface area contributed by atoms with Crippen LogP contribution in [-0.4, -0.2) is 33.4 Å². The van der Waals surface area contributed by atoms with Crippen LogP contribution in [0.4, 0.5) is 15.9 Å². The molecule has 1 aliphatic heterocycles. The van der Waals surface area contributed by atoms with E-state index in [9.17, 15) is 9.18 Å². The van der Waals surface area contributed by atoms with Crippen LogP contribution < -0.4 is 11.1 Å². The van der Waals surface area contributed by atoms with E-state index in [-0.39, 0.29) is 18.3 Å². The van der Waals surface area contributed by atoms with Crippen LogP contribution in [-0.2, 0) is 16.9 Å². The fourth-order valence-electron chi connectivity index (χ4n) is 4.11. The molecule has 8 heteroatoms. The smallest absolute Gasteiger partial charge is 0.236 e. The second kappa shape index (κ2) is 7.98. The van der Waals surface area contributed by atoms with Gasteiger partial charge in [0, 0.05) is 22.8 Å². The summed E-state index contributed by atoms with van der Waals surface area (Å²) in [6.45, 7) is 6.80. The number of fused-ring (bicyclic) bond motifs is 1. The molecule has 31 heavy (non-hydrogen) atoms. The molecular formula is C23H25ClFN5O. The van der Waals surface area contributed by atoms with Crippen LogP contribution in [0.15, 0.2) is 42.5 Å². The summed E-state index contributed by atoms with van der Waals surface area (Å²) in [5.41, 5.74) is 8.21. The molecule has 1 aromatic heterocycles. The summed E-state index contributed by atoms with van der Waals surface area (Å²) in [6.07, 6.45) is 0. The highest BCUT2D eigenvalue weighted by molar-refractivity contribution is 6.31. The summed E-state index contributed by atoms with van der Waals surface area (Å²) in [5.74, 6) is 0.992. The zero-order valence-corrected chi connectivity index (χ0v) is 18.5. The van der Waals surface area contributed by atoms with Gasteiger partial charge in [-0.15, -0.1) is 0 Å². The molecule has 0 spiro atoms. The zero-order chi connectivity index (χ0) is 22.3. The van der Waals surface area contributed by atoms with Gasteiger partial charge in [-0.1, -0.05) is 23.7 Å². The Kier molecular flexibility index (Phi) is 5.49. The number of hydrogen-bond donors (Lipinski definition) is 2. The third-order valence-electron chi connectivity index (χ3n) is 5.51. The maximum Gasteiger partial charge on any atom is 0.236 e. The normalized spacial score (nSPS) is 15.0. The number of aromatic nitrogens is 2. The second-order valence-electron chi connectivity index (χ2n) is 8.43. The van der Waals surface area contributed by atoms with Crippen molar-refractivity contribution in [1.82, 2.24) is 14.5 Å². The molecule has 0 saturated heterocycles. The van der Waals surface area contributed by atoms with Crippen molar-refractivity contribution in [2.24, 2.45) is 5.73 Å². The molecule has 1 aliphatic rings. The van der Waals surface area contributed by atoms with Gasteiger partial charge in [0.05, 0.1) is 18.6 Å². The third-order valence-corrected chi connectivity index (χ3v) is 5.93. The van der Waals surface area contributed by atoms with Crippen molar-refractivity contribution < 1.29 is 9.18 Å². The van der Waals surface area contributed by atoms with Gasteiger partial charge in [-0.3, -0.25) is 4.79 Å². The van der Waals surface area contributed by atoms with Gasteiger partial charge in [0.15, 0.2) is 0 Å². The van der Waals surface area contributed by atoms with E-state index in [2.05, 4.69) is 9.88 Å². The van der Waals surface area contributed by atoms with Gasteiger partial charge in [0.25, 0.3) is 0 Å². The number of nitrogens with two attached hydrogens (primary N) is 1. The number of nitrogens with one attached hydrogen (secondary N) is 1. The minimum Gasteiger partial charge on any atom is -0.340 e. The van der Waals surface area contributed by atoms with Crippen LogP contribution in [0.25, 0.3) is 11.3 Å². The molecule has 0 unspecified atom stereocenters. The second-order valence-corrected chi connectivity index (χ2v) is 8.83. The van der Waals surface area contributed by atoms with E-state index in [0.29, 0.717) is 35.2 Å². The first-order chi connectivity index (χ1) is 14.7. The monoisotopic (exact) mass is 441 g/mol. The molecule has 162 valence electrons. The SMILES string of the molecule is Cc1cc(Nc2c(-c3cccc(F)c3)nc3n2C(C)(C)CN(C(=O)CN)C3)ccc1Cl. The number of imidazole rings is 1. The fraction of sp³-hybridized carbons (Fsp3) is 0.304. The van der Waals surface area contributed by atoms with Crippen LogP contribution in [0.5, 0.6) is 0 Å². The molecule has 2 heterocycles. The maximum absolute atomic E-state index is 14.0. The van der Waals surface area contributed by atoms with E-state index in [1.54, 1.807) is 11.0 Å². The van der Waals surface area contributed by atoms with Crippen molar-refractivity contribution in [2.75, 3.05) is 18.4 Å². The summed E-state index contributed by atoms with van der Waals surface area (Å²) in [5, 5.41) is 4.15. The summed E-state index contributed by atoms with van der Waals surface area (Å²) in [7, 11) is 0. The molecule has 0 saturated carbocycles. The van der Waals surface area contributed by atoms with E-state index in [1.807, 2.05) is 45.0 Å². The van der Waals surface area contributed by atoms with Gasteiger partial charge < -0.3 is 20.5 Å². The van der Waals surface area contributed by atoms with Crippen molar-refractivity contribution >= 4 is 29.0 Å². The van der Waals surface area contributed by atoms with Gasteiger partial charge in [-0.25, -0.2) is 9.37 Å². The quantitative estimate of drug-likeness (QED) is 0.628. The topological polar surface area (TPSA) is 76.2 Å². The van der Waals surface area contributed by atoms with E-state index < -0.39 is 5.54 Å². The molecule has 3 N–H and O–H groups in total. The minimum atomic E-state index is -0.458. The van der Waals surface area contributed by atoms with E-state index >= 15 is 0 Å². The molecule has 0 fully saturated rings. The van der Waals surface area contributed by atoms with Gasteiger partial charge in [-0.05, 0) is 56.7 Å². The van der Waals surface area contributed by atoms with Crippen LogP contribution in [0.1, 0.15) is 25.2 Å². The van der Waals surface area contributed by atoms with Crippen LogP contribution >= 0.6 is 11.6 Å². The molecule has 3 aromatic rings. The number of amides is 1. The number of anilines is 2. The van der Waals surface area contributed by atoms with Gasteiger partial charge in [-0.2, -0.15) is 0 Å². The first-order valence-corrected chi connectivity index (χ1v) is 10.5. The lowest BCUT2D eigenvalue weighted by Gasteiger charge is -2.40. The molecule has 6 nitrogen and oxygen atoms in total. The van der Waals surface area contributed by atoms with Gasteiger partial charge in [0.1, 0.15) is 23.2 Å². The van der Waals surface area contributed by atoms with Crippen LogP contribution in [0.3, 0.4) is 0 Å². The number of rotatable bonds is 4. The average molecular weight is 442 g/mol. The Hall–Kier alpha value is -2.90. The Bertz CT molecular complexity index is 1160. The first-order valence-electron chi connectivity index (χ1n) is 10.1. The molecule has 1 amide bonds. The molecule has 0 radical (unpaired) electrons. The predicted molar refractivity (Wildman–Crippen MR) is 121 cm³/mol. The first kappa shape index (κ1) is 21.3. The molecule has 2 aromatic carbocycles. The Morgan fingerprint density at radius 3 is 2.74 bits per heavy atom. The summed E-state index contributed by atoms with van der Waals surface area (Å²) in [4.78, 5) is 18.9. The lowest BCUT2D eigenvalue weighted by Crippen LogP contribution is -2.50. The van der Waals surface area contributed by atoms with Crippen molar-refractivity contribution in [1.29, 1.82) is 0 Å². The van der Waals surface area contributed by atoms with Crippen molar-refractivity contribution in [3.8, 4) is 11.3 Å². The highest BCUT2D eigenvalue weighted by atomic mass is 35.5. The fourth-order valence-corrected chi connectivity index (χ4v) is 4.22. The standard InChI is InChI=1S/C23H25ClFN5O/c1-14-9-17(7-8-18(14)24)27-22-21(15-5-4-6-16(25)10-15)28-19-12-29(20(31)11-26)13-23(2,3)30(19)22/h4-10,27H,11-13,26H2,1-3H3. The molecule has 4 rings (SSSR count). The summed E-state index contributed by atoms with van der Waals surface area (Å²) in [6, 6.07) is 12.0. The average Bonchev–Trinajstić information content (AvgIpc) is 3.09. The van der Waals surface area contributed by atoms with Gasteiger partial charge >= 0.3 is 0 Å². The van der Waals surface area contributed by atoms with Crippen LogP contribution in [0.2, 0.25) is 5.02 Å². The molecule has 0 bridgehead atoms. The number of hydrogen-bond acceptors (Lipinski definition) is 4. The maximum atomic E-state index is 14.0. The third kappa shape index (κ3) is 4.03. The largest absolute Gasteiger partial charge is 0.340 e. The summed E-state index contributed by atoms with van der Waals surface area (Å²) >= 11 is 6.19. The molecular weight excluding hydrogens is 417 g/mol. The van der Waals surface area contributed by atoms with Gasteiger partial charge in [0.2, 0.25) is 5.91 Å². The number of carbonyl (C=O) groups excluding carboxylic acids is 1. The lowest BCUT2D eigenvalue weighted by molar-refractivity contribution is -0.132. The Balaban J connectivity index is 1.88. The van der Waals surface area contributed by atoms with Crippen molar-refractivity contribution in [2.45, 2.75) is 32.9 Å². The van der Waals surface area contributed by atoms with Crippen molar-refractivity contribution in [3.05, 3.63) is 64.7 Å². The number of nitrogens with zero attached hydrogens (tertiary/aromatic N) is 3. The summed E-state index contributed by atoms with van der Waals surface area (Å²) < 4.78 is 16.1. The van der Waals surface area contributed by atoms with Crippen LogP contribution in [0, 0.1) is 12.7 Å². The highest BCUT2D eigenvalue weighted by Crippen LogP contribution is 2.39. The number of benzene rings is 2. The number of aryl methyl sites for hydroxylation is 1. The Labute approximate surface area is 185 Å². The van der Waals surface area contributed by atoms with E-state index in [0.717, 1.165) is 17.1 Å². The highest BCUT2D eigenvalue weighted by Gasteiger charge is 2.37.